The number of benzene rings is 2. The van der Waals surface area contributed by atoms with E-state index < -0.39 is 17.7 Å². The number of hydrogen-bond donors (Lipinski definition) is 1. The summed E-state index contributed by atoms with van der Waals surface area (Å²) in [6.45, 7) is 4.08. The summed E-state index contributed by atoms with van der Waals surface area (Å²) in [4.78, 5) is 31.8. The van der Waals surface area contributed by atoms with Crippen LogP contribution < -0.4 is 9.47 Å². The maximum absolute atomic E-state index is 13.2. The summed E-state index contributed by atoms with van der Waals surface area (Å²) in [6.07, 6.45) is 3.09. The van der Waals surface area contributed by atoms with Crippen molar-refractivity contribution in [1.29, 1.82) is 0 Å². The molecule has 1 unspecified atom stereocenters. The number of carbonyl (C=O) groups excluding carboxylic acids is 2. The Morgan fingerprint density at radius 3 is 2.38 bits per heavy atom. The van der Waals surface area contributed by atoms with Crippen LogP contribution in [0.2, 0.25) is 0 Å². The number of methoxy groups -OCH3 is 1. The van der Waals surface area contributed by atoms with Gasteiger partial charge in [-0.3, -0.25) is 14.6 Å². The van der Waals surface area contributed by atoms with Gasteiger partial charge in [0.1, 0.15) is 17.3 Å². The van der Waals surface area contributed by atoms with Gasteiger partial charge in [0, 0.05) is 24.5 Å². The molecule has 4 rings (SSSR count). The molecule has 1 aliphatic heterocycles. The van der Waals surface area contributed by atoms with E-state index in [1.807, 2.05) is 44.2 Å². The molecular formula is C27H26N2O5. The average Bonchev–Trinajstić information content (AvgIpc) is 3.10. The Morgan fingerprint density at radius 2 is 1.74 bits per heavy atom. The molecular weight excluding hydrogens is 432 g/mol. The summed E-state index contributed by atoms with van der Waals surface area (Å²) < 4.78 is 11.1. The van der Waals surface area contributed by atoms with Crippen LogP contribution in [0.25, 0.3) is 5.76 Å². The van der Waals surface area contributed by atoms with Gasteiger partial charge in [0.25, 0.3) is 11.7 Å². The van der Waals surface area contributed by atoms with Gasteiger partial charge >= 0.3 is 0 Å². The lowest BCUT2D eigenvalue weighted by Crippen LogP contribution is -2.29. The van der Waals surface area contributed by atoms with Gasteiger partial charge in [0.2, 0.25) is 0 Å². The van der Waals surface area contributed by atoms with Crippen LogP contribution in [-0.2, 0) is 16.1 Å². The molecule has 1 amide bonds. The molecule has 1 N–H and O–H groups in total. The van der Waals surface area contributed by atoms with Crippen LogP contribution in [0.15, 0.2) is 78.6 Å². The molecule has 1 atom stereocenters. The zero-order chi connectivity index (χ0) is 24.2. The molecule has 2 heterocycles. The zero-order valence-corrected chi connectivity index (χ0v) is 19.3. The van der Waals surface area contributed by atoms with E-state index in [1.54, 1.807) is 37.4 Å². The van der Waals surface area contributed by atoms with Crippen molar-refractivity contribution in [2.45, 2.75) is 32.5 Å². The topological polar surface area (TPSA) is 89.0 Å². The van der Waals surface area contributed by atoms with Gasteiger partial charge < -0.3 is 19.5 Å². The molecule has 1 fully saturated rings. The third kappa shape index (κ3) is 4.64. The highest BCUT2D eigenvalue weighted by Crippen LogP contribution is 2.41. The second-order valence-corrected chi connectivity index (χ2v) is 8.25. The summed E-state index contributed by atoms with van der Waals surface area (Å²) in [5.74, 6) is -0.338. The largest absolute Gasteiger partial charge is 0.507 e. The lowest BCUT2D eigenvalue weighted by Gasteiger charge is -2.26. The number of nitrogens with zero attached hydrogens (tertiary/aromatic N) is 2. The third-order valence-corrected chi connectivity index (χ3v) is 5.55. The highest BCUT2D eigenvalue weighted by Gasteiger charge is 2.46. The van der Waals surface area contributed by atoms with Gasteiger partial charge in [-0.1, -0.05) is 24.3 Å². The van der Waals surface area contributed by atoms with E-state index in [9.17, 15) is 14.7 Å². The Hall–Kier alpha value is -4.13. The standard InChI is InChI=1S/C27H26N2O5/c1-17(2)34-21-9-7-18(8-10-21)16-29-24(20-5-4-6-22(15-20)33-3)23(26(31)27(29)32)25(30)19-11-13-28-14-12-19/h4-15,17,24,30H,16H2,1-3H3/b25-23-. The van der Waals surface area contributed by atoms with Crippen molar-refractivity contribution in [1.82, 2.24) is 9.88 Å². The lowest BCUT2D eigenvalue weighted by molar-refractivity contribution is -0.140. The van der Waals surface area contributed by atoms with Crippen molar-refractivity contribution in [3.8, 4) is 11.5 Å². The number of carbonyl (C=O) groups is 2. The third-order valence-electron chi connectivity index (χ3n) is 5.55. The summed E-state index contributed by atoms with van der Waals surface area (Å²) >= 11 is 0. The Kier molecular flexibility index (Phi) is 6.63. The van der Waals surface area contributed by atoms with Gasteiger partial charge in [-0.15, -0.1) is 0 Å². The molecule has 3 aromatic rings. The van der Waals surface area contributed by atoms with Crippen LogP contribution >= 0.6 is 0 Å². The summed E-state index contributed by atoms with van der Waals surface area (Å²) in [5, 5.41) is 11.1. The smallest absolute Gasteiger partial charge is 0.295 e. The lowest BCUT2D eigenvalue weighted by atomic mass is 9.95. The quantitative estimate of drug-likeness (QED) is 0.319. The minimum absolute atomic E-state index is 0.0317. The van der Waals surface area contributed by atoms with E-state index >= 15 is 0 Å². The number of aliphatic hydroxyl groups excluding tert-OH is 1. The molecule has 1 saturated heterocycles. The van der Waals surface area contributed by atoms with Gasteiger partial charge in [-0.25, -0.2) is 0 Å². The number of amides is 1. The second kappa shape index (κ2) is 9.79. The molecule has 0 radical (unpaired) electrons. The van der Waals surface area contributed by atoms with Crippen molar-refractivity contribution in [2.24, 2.45) is 0 Å². The molecule has 0 spiro atoms. The Balaban J connectivity index is 1.78. The van der Waals surface area contributed by atoms with E-state index in [2.05, 4.69) is 4.98 Å². The molecule has 2 aromatic carbocycles. The number of hydrogen-bond acceptors (Lipinski definition) is 6. The van der Waals surface area contributed by atoms with E-state index in [0.29, 0.717) is 16.9 Å². The van der Waals surface area contributed by atoms with Gasteiger partial charge in [-0.05, 0) is 61.4 Å². The minimum atomic E-state index is -0.783. The minimum Gasteiger partial charge on any atom is -0.507 e. The van der Waals surface area contributed by atoms with Crippen molar-refractivity contribution in [3.63, 3.8) is 0 Å². The van der Waals surface area contributed by atoms with Gasteiger partial charge in [0.05, 0.1) is 24.8 Å². The van der Waals surface area contributed by atoms with E-state index in [-0.39, 0.29) is 24.0 Å². The summed E-state index contributed by atoms with van der Waals surface area (Å²) in [5.41, 5.74) is 1.93. The fourth-order valence-corrected chi connectivity index (χ4v) is 4.01. The molecule has 1 aromatic heterocycles. The second-order valence-electron chi connectivity index (χ2n) is 8.25. The first kappa shape index (κ1) is 23.0. The number of Topliss-reactive ketones (excluding diaryl/α,β-unsaturated/α-hetero) is 1. The molecule has 7 heteroatoms. The highest BCUT2D eigenvalue weighted by atomic mass is 16.5. The highest BCUT2D eigenvalue weighted by molar-refractivity contribution is 6.46. The van der Waals surface area contributed by atoms with Crippen LogP contribution in [0.5, 0.6) is 11.5 Å². The fraction of sp³-hybridized carbons (Fsp3) is 0.222. The number of ether oxygens (including phenoxy) is 2. The maximum atomic E-state index is 13.2. The first-order valence-electron chi connectivity index (χ1n) is 11.0. The van der Waals surface area contributed by atoms with Crippen molar-refractivity contribution < 1.29 is 24.2 Å². The van der Waals surface area contributed by atoms with Crippen molar-refractivity contribution in [2.75, 3.05) is 7.11 Å². The fourth-order valence-electron chi connectivity index (χ4n) is 4.01. The van der Waals surface area contributed by atoms with Gasteiger partial charge in [-0.2, -0.15) is 0 Å². The Bertz CT molecular complexity index is 1220. The van der Waals surface area contributed by atoms with E-state index in [0.717, 1.165) is 11.3 Å². The Labute approximate surface area is 198 Å². The predicted molar refractivity (Wildman–Crippen MR) is 127 cm³/mol. The van der Waals surface area contributed by atoms with Crippen LogP contribution in [-0.4, -0.2) is 39.9 Å². The molecule has 34 heavy (non-hydrogen) atoms. The number of aliphatic hydroxyl groups is 1. The first-order valence-corrected chi connectivity index (χ1v) is 11.0. The molecule has 0 saturated carbocycles. The molecule has 0 aliphatic carbocycles. The summed E-state index contributed by atoms with van der Waals surface area (Å²) in [6, 6.07) is 17.0. The number of ketones is 1. The first-order chi connectivity index (χ1) is 16.4. The number of pyridine rings is 1. The molecule has 174 valence electrons. The van der Waals surface area contributed by atoms with E-state index in [1.165, 1.54) is 17.3 Å². The maximum Gasteiger partial charge on any atom is 0.295 e. The zero-order valence-electron chi connectivity index (χ0n) is 19.3. The molecule has 1 aliphatic rings. The van der Waals surface area contributed by atoms with Crippen molar-refractivity contribution in [3.05, 3.63) is 95.3 Å². The van der Waals surface area contributed by atoms with Crippen molar-refractivity contribution >= 4 is 17.4 Å². The number of aromatic nitrogens is 1. The summed E-state index contributed by atoms with van der Waals surface area (Å²) in [7, 11) is 1.55. The number of likely N-dealkylation sites (tertiary alicyclic amines) is 1. The SMILES string of the molecule is COc1cccc(C2/C(=C(/O)c3ccncc3)C(=O)C(=O)N2Cc2ccc(OC(C)C)cc2)c1. The van der Waals surface area contributed by atoms with Crippen LogP contribution in [0.4, 0.5) is 0 Å². The normalized spacial score (nSPS) is 17.3. The van der Waals surface area contributed by atoms with Gasteiger partial charge in [0.15, 0.2) is 0 Å². The molecule has 7 nitrogen and oxygen atoms in total. The van der Waals surface area contributed by atoms with E-state index in [4.69, 9.17) is 9.47 Å². The average molecular weight is 459 g/mol. The van der Waals surface area contributed by atoms with Crippen LogP contribution in [0.1, 0.15) is 36.6 Å². The van der Waals surface area contributed by atoms with Crippen LogP contribution in [0.3, 0.4) is 0 Å². The Morgan fingerprint density at radius 1 is 1.03 bits per heavy atom. The molecule has 0 bridgehead atoms. The monoisotopic (exact) mass is 458 g/mol. The number of rotatable bonds is 7. The predicted octanol–water partition coefficient (Wildman–Crippen LogP) is 4.50. The van der Waals surface area contributed by atoms with Crippen LogP contribution in [0, 0.1) is 0 Å².